The SMILES string of the molecule is CC(C)(C)OC(=O)N1C[C@H]2C[C@@](C)(O)CN2C[C@@]1(C)C(=O)O. The van der Waals surface area contributed by atoms with E-state index in [-0.39, 0.29) is 19.1 Å². The normalized spacial score (nSPS) is 36.1. The van der Waals surface area contributed by atoms with Gasteiger partial charge in [0.15, 0.2) is 5.54 Å². The number of hydrogen-bond acceptors (Lipinski definition) is 5. The number of carboxylic acids is 1. The molecule has 2 saturated heterocycles. The first-order valence-corrected chi connectivity index (χ1v) is 7.54. The van der Waals surface area contributed by atoms with Crippen LogP contribution in [0.1, 0.15) is 41.0 Å². The monoisotopic (exact) mass is 314 g/mol. The minimum absolute atomic E-state index is 0.0463. The topological polar surface area (TPSA) is 90.3 Å². The number of hydrogen-bond donors (Lipinski definition) is 2. The molecule has 2 aliphatic rings. The van der Waals surface area contributed by atoms with Crippen molar-refractivity contribution in [3.63, 3.8) is 0 Å². The molecule has 0 saturated carbocycles. The Kier molecular flexibility index (Phi) is 3.94. The van der Waals surface area contributed by atoms with Gasteiger partial charge in [-0.25, -0.2) is 9.59 Å². The van der Waals surface area contributed by atoms with Crippen LogP contribution in [0.25, 0.3) is 0 Å². The molecule has 0 aromatic rings. The number of carbonyl (C=O) groups excluding carboxylic acids is 1. The van der Waals surface area contributed by atoms with Crippen molar-refractivity contribution in [2.75, 3.05) is 19.6 Å². The maximum absolute atomic E-state index is 12.4. The summed E-state index contributed by atoms with van der Waals surface area (Å²) in [6.45, 7) is 9.36. The fraction of sp³-hybridized carbons (Fsp3) is 0.867. The molecule has 2 N–H and O–H groups in total. The minimum Gasteiger partial charge on any atom is -0.479 e. The molecule has 2 rings (SSSR count). The molecule has 0 aromatic heterocycles. The van der Waals surface area contributed by atoms with Crippen molar-refractivity contribution in [1.29, 1.82) is 0 Å². The van der Waals surface area contributed by atoms with Crippen molar-refractivity contribution >= 4 is 12.1 Å². The number of piperazine rings is 1. The van der Waals surface area contributed by atoms with E-state index in [1.807, 2.05) is 4.90 Å². The molecule has 0 aliphatic carbocycles. The first-order chi connectivity index (χ1) is 9.84. The van der Waals surface area contributed by atoms with Gasteiger partial charge in [0.05, 0.1) is 5.60 Å². The summed E-state index contributed by atoms with van der Waals surface area (Å²) in [5.41, 5.74) is -2.90. The van der Waals surface area contributed by atoms with Crippen LogP contribution in [0.4, 0.5) is 4.79 Å². The lowest BCUT2D eigenvalue weighted by Crippen LogP contribution is -2.68. The molecular weight excluding hydrogens is 288 g/mol. The summed E-state index contributed by atoms with van der Waals surface area (Å²) in [6.07, 6.45) is -0.106. The summed E-state index contributed by atoms with van der Waals surface area (Å²) in [6, 6.07) is -0.0463. The molecule has 0 unspecified atom stereocenters. The number of aliphatic carboxylic acids is 1. The molecule has 126 valence electrons. The van der Waals surface area contributed by atoms with E-state index in [0.717, 1.165) is 0 Å². The van der Waals surface area contributed by atoms with E-state index in [2.05, 4.69) is 0 Å². The highest BCUT2D eigenvalue weighted by atomic mass is 16.6. The van der Waals surface area contributed by atoms with Crippen molar-refractivity contribution in [2.24, 2.45) is 0 Å². The Morgan fingerprint density at radius 2 is 1.82 bits per heavy atom. The quantitative estimate of drug-likeness (QED) is 0.747. The molecule has 2 aliphatic heterocycles. The maximum Gasteiger partial charge on any atom is 0.411 e. The van der Waals surface area contributed by atoms with Crippen LogP contribution in [0.5, 0.6) is 0 Å². The van der Waals surface area contributed by atoms with E-state index in [4.69, 9.17) is 4.74 Å². The second kappa shape index (κ2) is 5.09. The molecule has 0 aromatic carbocycles. The summed E-state index contributed by atoms with van der Waals surface area (Å²) in [7, 11) is 0. The molecule has 7 heteroatoms. The third kappa shape index (κ3) is 3.20. The number of rotatable bonds is 1. The van der Waals surface area contributed by atoms with Crippen molar-refractivity contribution in [1.82, 2.24) is 9.80 Å². The smallest absolute Gasteiger partial charge is 0.411 e. The number of carbonyl (C=O) groups is 2. The Morgan fingerprint density at radius 1 is 1.23 bits per heavy atom. The average Bonchev–Trinajstić information content (AvgIpc) is 2.58. The van der Waals surface area contributed by atoms with Gasteiger partial charge in [-0.3, -0.25) is 9.80 Å². The fourth-order valence-electron chi connectivity index (χ4n) is 3.30. The van der Waals surface area contributed by atoms with Crippen LogP contribution in [0.2, 0.25) is 0 Å². The fourth-order valence-corrected chi connectivity index (χ4v) is 3.30. The first kappa shape index (κ1) is 17.0. The van der Waals surface area contributed by atoms with Gasteiger partial charge in [-0.1, -0.05) is 0 Å². The lowest BCUT2D eigenvalue weighted by Gasteiger charge is -2.47. The van der Waals surface area contributed by atoms with E-state index >= 15 is 0 Å². The van der Waals surface area contributed by atoms with E-state index < -0.39 is 28.8 Å². The summed E-state index contributed by atoms with van der Waals surface area (Å²) in [5.74, 6) is -1.07. The molecular formula is C15H26N2O5. The van der Waals surface area contributed by atoms with Gasteiger partial charge in [-0.05, 0) is 41.0 Å². The van der Waals surface area contributed by atoms with Crippen LogP contribution in [0.15, 0.2) is 0 Å². The number of amides is 1. The molecule has 0 bridgehead atoms. The second-order valence-corrected chi connectivity index (χ2v) is 7.93. The maximum atomic E-state index is 12.4. The number of aliphatic hydroxyl groups is 1. The highest BCUT2D eigenvalue weighted by Gasteiger charge is 2.54. The van der Waals surface area contributed by atoms with Gasteiger partial charge >= 0.3 is 12.1 Å². The molecule has 3 atom stereocenters. The average molecular weight is 314 g/mol. The molecule has 7 nitrogen and oxygen atoms in total. The van der Waals surface area contributed by atoms with Crippen LogP contribution in [0, 0.1) is 0 Å². The Bertz CT molecular complexity index is 485. The van der Waals surface area contributed by atoms with Gasteiger partial charge in [0.1, 0.15) is 5.60 Å². The van der Waals surface area contributed by atoms with Crippen molar-refractivity contribution in [2.45, 2.75) is 63.8 Å². The molecule has 2 fully saturated rings. The standard InChI is InChI=1S/C15H26N2O5/c1-13(2,3)22-12(20)17-7-10-6-14(4,21)8-16(10)9-15(17,5)11(18)19/h10,21H,6-9H2,1-5H3,(H,18,19)/t10-,14-,15+/m1/s1. The minimum atomic E-state index is -1.36. The van der Waals surface area contributed by atoms with Crippen LogP contribution < -0.4 is 0 Å². The third-order valence-electron chi connectivity index (χ3n) is 4.31. The first-order valence-electron chi connectivity index (χ1n) is 7.54. The molecule has 22 heavy (non-hydrogen) atoms. The van der Waals surface area contributed by atoms with E-state index in [9.17, 15) is 19.8 Å². The summed E-state index contributed by atoms with van der Waals surface area (Å²) < 4.78 is 5.37. The van der Waals surface area contributed by atoms with Crippen molar-refractivity contribution in [3.8, 4) is 0 Å². The van der Waals surface area contributed by atoms with Crippen LogP contribution in [0.3, 0.4) is 0 Å². The third-order valence-corrected chi connectivity index (χ3v) is 4.31. The van der Waals surface area contributed by atoms with E-state index in [1.54, 1.807) is 27.7 Å². The summed E-state index contributed by atoms with van der Waals surface area (Å²) in [5, 5.41) is 19.8. The highest BCUT2D eigenvalue weighted by molar-refractivity contribution is 5.84. The van der Waals surface area contributed by atoms with Gasteiger partial charge < -0.3 is 14.9 Å². The van der Waals surface area contributed by atoms with Gasteiger partial charge in [0.2, 0.25) is 0 Å². The van der Waals surface area contributed by atoms with Crippen LogP contribution in [-0.2, 0) is 9.53 Å². The lowest BCUT2D eigenvalue weighted by molar-refractivity contribution is -0.155. The Hall–Kier alpha value is -1.34. The van der Waals surface area contributed by atoms with Gasteiger partial charge in [-0.2, -0.15) is 0 Å². The molecule has 1 amide bonds. The van der Waals surface area contributed by atoms with Crippen LogP contribution >= 0.6 is 0 Å². The predicted molar refractivity (Wildman–Crippen MR) is 79.6 cm³/mol. The Labute approximate surface area is 130 Å². The van der Waals surface area contributed by atoms with E-state index in [1.165, 1.54) is 11.8 Å². The van der Waals surface area contributed by atoms with Crippen LogP contribution in [-0.4, -0.2) is 74.5 Å². The Morgan fingerprint density at radius 3 is 2.32 bits per heavy atom. The number of nitrogens with zero attached hydrogens (tertiary/aromatic N) is 2. The zero-order chi connectivity index (χ0) is 16.9. The number of fused-ring (bicyclic) bond motifs is 1. The summed E-state index contributed by atoms with van der Waals surface area (Å²) in [4.78, 5) is 27.5. The Balaban J connectivity index is 2.26. The predicted octanol–water partition coefficient (Wildman–Crippen LogP) is 0.906. The van der Waals surface area contributed by atoms with Gasteiger partial charge in [-0.15, -0.1) is 0 Å². The number of carboxylic acid groups (broad SMARTS) is 1. The van der Waals surface area contributed by atoms with Gasteiger partial charge in [0, 0.05) is 25.7 Å². The highest BCUT2D eigenvalue weighted by Crippen LogP contribution is 2.35. The number of ether oxygens (including phenoxy) is 1. The van der Waals surface area contributed by atoms with Gasteiger partial charge in [0.25, 0.3) is 0 Å². The summed E-state index contributed by atoms with van der Waals surface area (Å²) >= 11 is 0. The largest absolute Gasteiger partial charge is 0.479 e. The van der Waals surface area contributed by atoms with E-state index in [0.29, 0.717) is 13.0 Å². The zero-order valence-corrected chi connectivity index (χ0v) is 13.9. The molecule has 0 spiro atoms. The second-order valence-electron chi connectivity index (χ2n) is 7.93. The molecule has 2 heterocycles. The molecule has 0 radical (unpaired) electrons. The van der Waals surface area contributed by atoms with Crippen molar-refractivity contribution in [3.05, 3.63) is 0 Å². The van der Waals surface area contributed by atoms with Crippen molar-refractivity contribution < 1.29 is 24.5 Å². The zero-order valence-electron chi connectivity index (χ0n) is 13.9. The lowest BCUT2D eigenvalue weighted by atomic mass is 9.94.